The molecule has 0 atom stereocenters. The smallest absolute Gasteiger partial charge is 0.261 e. The maximum absolute atomic E-state index is 12.8. The minimum absolute atomic E-state index is 0.0848. The monoisotopic (exact) mass is 477 g/mol. The number of thiocarbonyl (C=S) groups is 1. The highest BCUT2D eigenvalue weighted by molar-refractivity contribution is 9.10. The number of ether oxygens (including phenoxy) is 1. The zero-order chi connectivity index (χ0) is 21.4. The minimum atomic E-state index is -0.405. The van der Waals surface area contributed by atoms with Crippen LogP contribution in [0.2, 0.25) is 0 Å². The maximum Gasteiger partial charge on any atom is 0.261 e. The zero-order valence-electron chi connectivity index (χ0n) is 16.5. The summed E-state index contributed by atoms with van der Waals surface area (Å²) in [6, 6.07) is 12.2. The van der Waals surface area contributed by atoms with Crippen LogP contribution in [0, 0.1) is 5.92 Å². The summed E-state index contributed by atoms with van der Waals surface area (Å²) < 4.78 is 6.50. The molecule has 0 saturated heterocycles. The number of benzene rings is 2. The molecular weight excluding hydrogens is 454 g/mol. The van der Waals surface area contributed by atoms with Gasteiger partial charge in [-0.25, -0.2) is 0 Å². The van der Waals surface area contributed by atoms with Gasteiger partial charge in [-0.1, -0.05) is 41.9 Å². The van der Waals surface area contributed by atoms with Crippen molar-refractivity contribution in [3.8, 4) is 5.75 Å². The van der Waals surface area contributed by atoms with Gasteiger partial charge in [0, 0.05) is 11.0 Å². The van der Waals surface area contributed by atoms with Crippen LogP contribution in [-0.4, -0.2) is 30.1 Å². The van der Waals surface area contributed by atoms with Gasteiger partial charge in [-0.15, -0.1) is 0 Å². The summed E-state index contributed by atoms with van der Waals surface area (Å²) in [4.78, 5) is 25.0. The summed E-state index contributed by atoms with van der Waals surface area (Å²) in [5, 5.41) is 8.40. The van der Waals surface area contributed by atoms with E-state index >= 15 is 0 Å². The number of carbonyl (C=O) groups excluding carboxylic acids is 2. The van der Waals surface area contributed by atoms with Crippen molar-refractivity contribution < 1.29 is 14.3 Å². The molecule has 0 aliphatic heterocycles. The van der Waals surface area contributed by atoms with E-state index in [9.17, 15) is 9.59 Å². The molecule has 2 amide bonds. The van der Waals surface area contributed by atoms with Gasteiger partial charge in [0.2, 0.25) is 0 Å². The number of para-hydroxylation sites is 1. The highest BCUT2D eigenvalue weighted by atomic mass is 79.9. The lowest BCUT2D eigenvalue weighted by Gasteiger charge is -2.15. The summed E-state index contributed by atoms with van der Waals surface area (Å²) in [7, 11) is 0. The molecule has 0 bridgehead atoms. The van der Waals surface area contributed by atoms with E-state index in [1.165, 1.54) is 0 Å². The fourth-order valence-electron chi connectivity index (χ4n) is 2.43. The zero-order valence-corrected chi connectivity index (χ0v) is 18.9. The van der Waals surface area contributed by atoms with Gasteiger partial charge in [0.05, 0.1) is 23.4 Å². The molecule has 0 saturated carbocycles. The van der Waals surface area contributed by atoms with Gasteiger partial charge in [-0.2, -0.15) is 0 Å². The molecule has 2 rings (SSSR count). The van der Waals surface area contributed by atoms with Gasteiger partial charge >= 0.3 is 0 Å². The van der Waals surface area contributed by atoms with E-state index in [2.05, 4.69) is 31.9 Å². The molecule has 0 heterocycles. The standard InChI is InChI=1S/C21H24BrN3O3S/c1-4-23-19(26)15-7-5-6-8-17(15)24-21(29)25-20(27)16-11-14(22)9-10-18(16)28-12-13(2)3/h5-11,13H,4,12H2,1-3H3,(H,23,26)(H2,24,25,27,29). The molecule has 0 aromatic heterocycles. The highest BCUT2D eigenvalue weighted by Crippen LogP contribution is 2.24. The molecule has 0 unspecified atom stereocenters. The van der Waals surface area contributed by atoms with Gasteiger partial charge in [-0.05, 0) is 55.4 Å². The van der Waals surface area contributed by atoms with Gasteiger partial charge < -0.3 is 15.4 Å². The van der Waals surface area contributed by atoms with Crippen LogP contribution in [0.5, 0.6) is 5.75 Å². The third-order valence-corrected chi connectivity index (χ3v) is 4.44. The van der Waals surface area contributed by atoms with Crippen LogP contribution in [0.25, 0.3) is 0 Å². The molecule has 6 nitrogen and oxygen atoms in total. The molecule has 0 spiro atoms. The lowest BCUT2D eigenvalue weighted by atomic mass is 10.1. The van der Waals surface area contributed by atoms with E-state index < -0.39 is 5.91 Å². The second-order valence-corrected chi connectivity index (χ2v) is 7.98. The predicted molar refractivity (Wildman–Crippen MR) is 123 cm³/mol. The summed E-state index contributed by atoms with van der Waals surface area (Å²) >= 11 is 8.65. The predicted octanol–water partition coefficient (Wildman–Crippen LogP) is 4.36. The Morgan fingerprint density at radius 1 is 1.10 bits per heavy atom. The largest absolute Gasteiger partial charge is 0.492 e. The molecule has 0 radical (unpaired) electrons. The second-order valence-electron chi connectivity index (χ2n) is 6.66. The first kappa shape index (κ1) is 22.8. The van der Waals surface area contributed by atoms with Crippen LogP contribution in [0.15, 0.2) is 46.9 Å². The van der Waals surface area contributed by atoms with Crippen molar-refractivity contribution in [2.75, 3.05) is 18.5 Å². The third kappa shape index (κ3) is 6.83. The van der Waals surface area contributed by atoms with E-state index in [0.717, 1.165) is 4.47 Å². The Morgan fingerprint density at radius 3 is 2.52 bits per heavy atom. The van der Waals surface area contributed by atoms with E-state index in [1.807, 2.05) is 26.8 Å². The Balaban J connectivity index is 2.13. The van der Waals surface area contributed by atoms with E-state index in [-0.39, 0.29) is 11.0 Å². The Hall–Kier alpha value is -2.45. The van der Waals surface area contributed by atoms with Gasteiger partial charge in [0.25, 0.3) is 11.8 Å². The molecule has 2 aromatic rings. The van der Waals surface area contributed by atoms with Crippen LogP contribution < -0.4 is 20.7 Å². The van der Waals surface area contributed by atoms with Gasteiger partial charge in [0.15, 0.2) is 5.11 Å². The average molecular weight is 478 g/mol. The molecule has 0 aliphatic carbocycles. The Bertz CT molecular complexity index is 902. The SMILES string of the molecule is CCNC(=O)c1ccccc1NC(=S)NC(=O)c1cc(Br)ccc1OCC(C)C. The summed E-state index contributed by atoms with van der Waals surface area (Å²) in [5.41, 5.74) is 1.31. The van der Waals surface area contributed by atoms with Crippen molar-refractivity contribution >= 4 is 50.8 Å². The van der Waals surface area contributed by atoms with Crippen molar-refractivity contribution in [1.29, 1.82) is 0 Å². The number of amides is 2. The third-order valence-electron chi connectivity index (χ3n) is 3.74. The topological polar surface area (TPSA) is 79.5 Å². The number of hydrogen-bond donors (Lipinski definition) is 3. The van der Waals surface area contributed by atoms with Crippen molar-refractivity contribution in [2.24, 2.45) is 5.92 Å². The Kier molecular flexibility index (Phi) is 8.60. The molecule has 2 aromatic carbocycles. The first-order valence-corrected chi connectivity index (χ1v) is 10.4. The van der Waals surface area contributed by atoms with Gasteiger partial charge in [0.1, 0.15) is 5.75 Å². The lowest BCUT2D eigenvalue weighted by Crippen LogP contribution is -2.35. The number of rotatable bonds is 7. The summed E-state index contributed by atoms with van der Waals surface area (Å²) in [5.74, 6) is 0.173. The molecule has 0 aliphatic rings. The fourth-order valence-corrected chi connectivity index (χ4v) is 3.00. The van der Waals surface area contributed by atoms with Crippen LogP contribution >= 0.6 is 28.1 Å². The number of carbonyl (C=O) groups is 2. The van der Waals surface area contributed by atoms with Crippen molar-refractivity contribution in [3.05, 3.63) is 58.1 Å². The van der Waals surface area contributed by atoms with Crippen LogP contribution in [0.1, 0.15) is 41.5 Å². The molecular formula is C21H24BrN3O3S. The molecule has 154 valence electrons. The minimum Gasteiger partial charge on any atom is -0.492 e. The quantitative estimate of drug-likeness (QED) is 0.516. The molecule has 29 heavy (non-hydrogen) atoms. The van der Waals surface area contributed by atoms with E-state index in [1.54, 1.807) is 36.4 Å². The highest BCUT2D eigenvalue weighted by Gasteiger charge is 2.17. The number of hydrogen-bond acceptors (Lipinski definition) is 4. The number of nitrogens with one attached hydrogen (secondary N) is 3. The van der Waals surface area contributed by atoms with Crippen LogP contribution in [-0.2, 0) is 0 Å². The molecule has 3 N–H and O–H groups in total. The maximum atomic E-state index is 12.8. The van der Waals surface area contributed by atoms with Crippen molar-refractivity contribution in [1.82, 2.24) is 10.6 Å². The van der Waals surface area contributed by atoms with Crippen molar-refractivity contribution in [2.45, 2.75) is 20.8 Å². The fraction of sp³-hybridized carbons (Fsp3) is 0.286. The Labute approximate surface area is 184 Å². The number of halogens is 1. The summed E-state index contributed by atoms with van der Waals surface area (Å²) in [6.07, 6.45) is 0. The van der Waals surface area contributed by atoms with E-state index in [0.29, 0.717) is 41.6 Å². The van der Waals surface area contributed by atoms with Crippen molar-refractivity contribution in [3.63, 3.8) is 0 Å². The van der Waals surface area contributed by atoms with Crippen LogP contribution in [0.3, 0.4) is 0 Å². The second kappa shape index (κ2) is 10.9. The van der Waals surface area contributed by atoms with Crippen LogP contribution in [0.4, 0.5) is 5.69 Å². The van der Waals surface area contributed by atoms with Gasteiger partial charge in [-0.3, -0.25) is 14.9 Å². The lowest BCUT2D eigenvalue weighted by molar-refractivity contribution is 0.0953. The Morgan fingerprint density at radius 2 is 1.83 bits per heavy atom. The van der Waals surface area contributed by atoms with E-state index in [4.69, 9.17) is 17.0 Å². The molecule has 0 fully saturated rings. The average Bonchev–Trinajstić information content (AvgIpc) is 2.67. The molecule has 8 heteroatoms. The normalized spacial score (nSPS) is 10.4. The summed E-state index contributed by atoms with van der Waals surface area (Å²) in [6.45, 7) is 6.91. The first-order valence-electron chi connectivity index (χ1n) is 9.23. The number of anilines is 1. The first-order chi connectivity index (χ1) is 13.8.